The summed E-state index contributed by atoms with van der Waals surface area (Å²) in [5.74, 6) is 0.902. The molecule has 2 atom stereocenters. The van der Waals surface area contributed by atoms with Gasteiger partial charge in [0.25, 0.3) is 5.91 Å². The van der Waals surface area contributed by atoms with Crippen LogP contribution in [-0.2, 0) is 19.9 Å². The van der Waals surface area contributed by atoms with Crippen molar-refractivity contribution in [1.29, 1.82) is 0 Å². The fourth-order valence-electron chi connectivity index (χ4n) is 3.80. The van der Waals surface area contributed by atoms with Crippen LogP contribution in [0.5, 0.6) is 0 Å². The van der Waals surface area contributed by atoms with E-state index >= 15 is 0 Å². The van der Waals surface area contributed by atoms with Crippen LogP contribution in [0.2, 0.25) is 5.02 Å². The Morgan fingerprint density at radius 3 is 2.58 bits per heavy atom. The Kier molecular flexibility index (Phi) is 3.64. The number of anilines is 1. The van der Waals surface area contributed by atoms with Gasteiger partial charge < -0.3 is 4.74 Å². The van der Waals surface area contributed by atoms with Crippen molar-refractivity contribution in [3.63, 3.8) is 0 Å². The molecule has 0 saturated carbocycles. The number of carbonyl (C=O) groups is 2. The van der Waals surface area contributed by atoms with E-state index in [1.807, 2.05) is 6.07 Å². The largest absolute Gasteiger partial charge is 0.439 e. The summed E-state index contributed by atoms with van der Waals surface area (Å²) < 4.78 is 5.70. The van der Waals surface area contributed by atoms with Crippen molar-refractivity contribution in [3.05, 3.63) is 76.8 Å². The summed E-state index contributed by atoms with van der Waals surface area (Å²) in [4.78, 5) is 27.3. The number of ether oxygens (including phenoxy) is 1. The van der Waals surface area contributed by atoms with Gasteiger partial charge in [-0.1, -0.05) is 54.4 Å². The van der Waals surface area contributed by atoms with Crippen molar-refractivity contribution >= 4 is 29.2 Å². The molecule has 2 aromatic carbocycles. The fourth-order valence-corrected chi connectivity index (χ4v) is 3.93. The Labute approximate surface area is 156 Å². The van der Waals surface area contributed by atoms with Gasteiger partial charge in [-0.2, -0.15) is 0 Å². The van der Waals surface area contributed by atoms with Crippen LogP contribution in [0.4, 0.5) is 5.69 Å². The highest BCUT2D eigenvalue weighted by molar-refractivity contribution is 6.30. The standard InChI is InChI=1S/C21H14ClNO3/c1-3-12-23-17-7-5-4-6-16(17)21(20(23)25)18(13(2)19(24)26-21)14-8-10-15(22)11-9-14/h1,4-11,18H,2,12H2/t18-,21-/m0/s1. The second-order valence-electron chi connectivity index (χ2n) is 6.25. The van der Waals surface area contributed by atoms with E-state index in [9.17, 15) is 9.59 Å². The van der Waals surface area contributed by atoms with Gasteiger partial charge in [-0.15, -0.1) is 6.42 Å². The van der Waals surface area contributed by atoms with Gasteiger partial charge in [0, 0.05) is 16.2 Å². The van der Waals surface area contributed by atoms with E-state index in [1.165, 1.54) is 4.90 Å². The van der Waals surface area contributed by atoms with E-state index in [0.29, 0.717) is 16.3 Å². The number of benzene rings is 2. The molecule has 26 heavy (non-hydrogen) atoms. The predicted octanol–water partition coefficient (Wildman–Crippen LogP) is 3.41. The summed E-state index contributed by atoms with van der Waals surface area (Å²) in [6.45, 7) is 3.99. The highest BCUT2D eigenvalue weighted by atomic mass is 35.5. The molecule has 1 spiro atoms. The van der Waals surface area contributed by atoms with Crippen molar-refractivity contribution in [2.24, 2.45) is 0 Å². The lowest BCUT2D eigenvalue weighted by molar-refractivity contribution is -0.157. The van der Waals surface area contributed by atoms with Crippen LogP contribution in [0.15, 0.2) is 60.7 Å². The summed E-state index contributed by atoms with van der Waals surface area (Å²) in [7, 11) is 0. The molecular formula is C21H14ClNO3. The second-order valence-corrected chi connectivity index (χ2v) is 6.68. The highest BCUT2D eigenvalue weighted by Crippen LogP contribution is 2.56. The second kappa shape index (κ2) is 5.76. The number of amides is 1. The molecule has 0 radical (unpaired) electrons. The minimum Gasteiger partial charge on any atom is -0.439 e. The van der Waals surface area contributed by atoms with E-state index in [2.05, 4.69) is 12.5 Å². The topological polar surface area (TPSA) is 46.6 Å². The molecule has 0 N–H and O–H groups in total. The van der Waals surface area contributed by atoms with Gasteiger partial charge in [0.2, 0.25) is 5.60 Å². The molecule has 2 aliphatic heterocycles. The zero-order valence-corrected chi connectivity index (χ0v) is 14.5. The Balaban J connectivity index is 1.97. The number of hydrogen-bond donors (Lipinski definition) is 0. The monoisotopic (exact) mass is 363 g/mol. The van der Waals surface area contributed by atoms with Gasteiger partial charge in [-0.05, 0) is 23.8 Å². The first kappa shape index (κ1) is 16.4. The zero-order chi connectivity index (χ0) is 18.5. The first-order chi connectivity index (χ1) is 12.5. The summed E-state index contributed by atoms with van der Waals surface area (Å²) >= 11 is 5.99. The molecule has 1 amide bonds. The number of carbonyl (C=O) groups excluding carboxylic acids is 2. The maximum Gasteiger partial charge on any atom is 0.335 e. The van der Waals surface area contributed by atoms with Crippen LogP contribution in [-0.4, -0.2) is 18.4 Å². The Morgan fingerprint density at radius 1 is 1.19 bits per heavy atom. The van der Waals surface area contributed by atoms with Crippen LogP contribution >= 0.6 is 11.6 Å². The normalized spacial score (nSPS) is 23.9. The summed E-state index contributed by atoms with van der Waals surface area (Å²) in [6.07, 6.45) is 5.45. The van der Waals surface area contributed by atoms with Crippen molar-refractivity contribution in [2.75, 3.05) is 11.4 Å². The van der Waals surface area contributed by atoms with Crippen molar-refractivity contribution in [3.8, 4) is 12.3 Å². The molecule has 2 aromatic rings. The van der Waals surface area contributed by atoms with Gasteiger partial charge in [0.1, 0.15) is 0 Å². The maximum absolute atomic E-state index is 13.4. The fraction of sp³-hybridized carbons (Fsp3) is 0.143. The third kappa shape index (κ3) is 2.04. The molecule has 0 bridgehead atoms. The molecule has 1 saturated heterocycles. The quantitative estimate of drug-likeness (QED) is 0.466. The lowest BCUT2D eigenvalue weighted by atomic mass is 9.76. The number of rotatable bonds is 2. The Bertz CT molecular complexity index is 989. The van der Waals surface area contributed by atoms with Crippen LogP contribution in [0.25, 0.3) is 0 Å². The molecular weight excluding hydrogens is 350 g/mol. The summed E-state index contributed by atoms with van der Waals surface area (Å²) in [5.41, 5.74) is 0.744. The zero-order valence-electron chi connectivity index (χ0n) is 13.7. The first-order valence-electron chi connectivity index (χ1n) is 8.03. The van der Waals surface area contributed by atoms with Crippen LogP contribution < -0.4 is 4.90 Å². The number of hydrogen-bond acceptors (Lipinski definition) is 3. The predicted molar refractivity (Wildman–Crippen MR) is 98.7 cm³/mol. The minimum atomic E-state index is -1.49. The van der Waals surface area contributed by atoms with E-state index < -0.39 is 17.5 Å². The number of halogens is 1. The van der Waals surface area contributed by atoms with Gasteiger partial charge in [0.05, 0.1) is 18.2 Å². The third-order valence-corrected chi connectivity index (χ3v) is 5.13. The molecule has 1 fully saturated rings. The van der Waals surface area contributed by atoms with Crippen LogP contribution in [0.3, 0.4) is 0 Å². The number of nitrogens with zero attached hydrogens (tertiary/aromatic N) is 1. The Morgan fingerprint density at radius 2 is 1.88 bits per heavy atom. The van der Waals surface area contributed by atoms with E-state index in [4.69, 9.17) is 22.8 Å². The van der Waals surface area contributed by atoms with Crippen molar-refractivity contribution in [2.45, 2.75) is 11.5 Å². The highest BCUT2D eigenvalue weighted by Gasteiger charge is 2.64. The van der Waals surface area contributed by atoms with E-state index in [-0.39, 0.29) is 18.0 Å². The van der Waals surface area contributed by atoms with Crippen molar-refractivity contribution in [1.82, 2.24) is 0 Å². The summed E-state index contributed by atoms with van der Waals surface area (Å²) in [5, 5.41) is 0.561. The average molecular weight is 364 g/mol. The lowest BCUT2D eigenvalue weighted by Crippen LogP contribution is -2.43. The first-order valence-corrected chi connectivity index (χ1v) is 8.41. The molecule has 2 heterocycles. The van der Waals surface area contributed by atoms with Crippen LogP contribution in [0.1, 0.15) is 17.0 Å². The van der Waals surface area contributed by atoms with Gasteiger partial charge in [-0.25, -0.2) is 4.79 Å². The van der Waals surface area contributed by atoms with E-state index in [0.717, 1.165) is 5.56 Å². The van der Waals surface area contributed by atoms with E-state index in [1.54, 1.807) is 42.5 Å². The number of terminal acetylenes is 1. The number of para-hydroxylation sites is 1. The molecule has 5 heteroatoms. The Hall–Kier alpha value is -3.03. The lowest BCUT2D eigenvalue weighted by Gasteiger charge is -2.28. The number of esters is 1. The smallest absolute Gasteiger partial charge is 0.335 e. The molecule has 2 aliphatic rings. The molecule has 0 aromatic heterocycles. The molecule has 4 rings (SSSR count). The van der Waals surface area contributed by atoms with Gasteiger partial charge in [0.15, 0.2) is 0 Å². The third-order valence-electron chi connectivity index (χ3n) is 4.88. The SMILES string of the molecule is C#CCN1C(=O)[C@]2(OC(=O)C(=C)[C@H]2c2ccc(Cl)cc2)c2ccccc21. The number of fused-ring (bicyclic) bond motifs is 2. The molecule has 0 aliphatic carbocycles. The average Bonchev–Trinajstić information content (AvgIpc) is 3.04. The maximum atomic E-state index is 13.4. The van der Waals surface area contributed by atoms with Crippen molar-refractivity contribution < 1.29 is 14.3 Å². The van der Waals surface area contributed by atoms with Gasteiger partial charge in [-0.3, -0.25) is 9.69 Å². The molecule has 0 unspecified atom stereocenters. The molecule has 128 valence electrons. The minimum absolute atomic E-state index is 0.0922. The van der Waals surface area contributed by atoms with Crippen LogP contribution in [0, 0.1) is 12.3 Å². The summed E-state index contributed by atoms with van der Waals surface area (Å²) in [6, 6.07) is 14.2. The molecule has 4 nitrogen and oxygen atoms in total. The van der Waals surface area contributed by atoms with Gasteiger partial charge >= 0.3 is 5.97 Å².